The number of phenols is 1. The van der Waals surface area contributed by atoms with Gasteiger partial charge in [-0.2, -0.15) is 0 Å². The molecular weight excluding hydrogens is 611 g/mol. The highest BCUT2D eigenvalue weighted by Crippen LogP contribution is 2.52. The number of aromatic hydroxyl groups is 1. The second kappa shape index (κ2) is 13.9. The van der Waals surface area contributed by atoms with Gasteiger partial charge in [-0.3, -0.25) is 14.5 Å². The summed E-state index contributed by atoms with van der Waals surface area (Å²) in [6, 6.07) is 34.6. The van der Waals surface area contributed by atoms with Gasteiger partial charge >= 0.3 is 7.12 Å². The zero-order chi connectivity index (χ0) is 34.1. The van der Waals surface area contributed by atoms with Gasteiger partial charge in [-0.15, -0.1) is 0 Å². The molecule has 0 aromatic heterocycles. The number of nitrogens with one attached hydrogen (secondary N) is 1. The van der Waals surface area contributed by atoms with E-state index in [2.05, 4.69) is 31.3 Å². The molecule has 7 nitrogen and oxygen atoms in total. The van der Waals surface area contributed by atoms with E-state index in [4.69, 9.17) is 4.65 Å². The van der Waals surface area contributed by atoms with Gasteiger partial charge in [-0.1, -0.05) is 86.2 Å². The van der Waals surface area contributed by atoms with Crippen molar-refractivity contribution in [3.8, 4) is 5.75 Å². The van der Waals surface area contributed by atoms with E-state index in [1.165, 1.54) is 4.90 Å². The van der Waals surface area contributed by atoms with Gasteiger partial charge in [0.25, 0.3) is 0 Å². The van der Waals surface area contributed by atoms with E-state index in [0.29, 0.717) is 24.9 Å². The largest absolute Gasteiger partial charge is 0.507 e. The van der Waals surface area contributed by atoms with Crippen molar-refractivity contribution in [3.63, 3.8) is 0 Å². The van der Waals surface area contributed by atoms with Gasteiger partial charge in [0.05, 0.1) is 23.6 Å². The second-order valence-electron chi connectivity index (χ2n) is 13.6. The third-order valence-electron chi connectivity index (χ3n) is 10.2. The van der Waals surface area contributed by atoms with Crippen molar-refractivity contribution in [2.75, 3.05) is 10.2 Å². The fourth-order valence-electron chi connectivity index (χ4n) is 7.92. The number of rotatable bonds is 9. The summed E-state index contributed by atoms with van der Waals surface area (Å²) >= 11 is 0. The SMILES string of the molecule is CC(C)C1=C2[C@@H](CC/C(=C/c3ccccc3O)c3ccccc3)OB(O)C[C@@H]2[C@@H]2C(=O)N(c3ccc(Nc4ccccc4)cc3)C(=O)[C@@H]2C1. The molecule has 8 heteroatoms. The Morgan fingerprint density at radius 3 is 2.22 bits per heavy atom. The van der Waals surface area contributed by atoms with Gasteiger partial charge in [0, 0.05) is 16.9 Å². The first-order valence-electron chi connectivity index (χ1n) is 17.2. The predicted octanol–water partition coefficient (Wildman–Crippen LogP) is 8.11. The van der Waals surface area contributed by atoms with Gasteiger partial charge in [0.2, 0.25) is 11.8 Å². The molecule has 2 saturated heterocycles. The molecule has 4 atom stereocenters. The first kappa shape index (κ1) is 32.6. The van der Waals surface area contributed by atoms with Crippen molar-refractivity contribution in [2.24, 2.45) is 23.7 Å². The Hall–Kier alpha value is -4.92. The molecule has 2 aliphatic heterocycles. The molecule has 2 fully saturated rings. The zero-order valence-electron chi connectivity index (χ0n) is 27.8. The molecular formula is C41H41BN2O5. The van der Waals surface area contributed by atoms with Crippen LogP contribution in [0.4, 0.5) is 17.1 Å². The van der Waals surface area contributed by atoms with Crippen LogP contribution in [0, 0.1) is 23.7 Å². The van der Waals surface area contributed by atoms with Crippen LogP contribution in [-0.2, 0) is 14.2 Å². The maximum Gasteiger partial charge on any atom is 0.455 e. The average molecular weight is 653 g/mol. The van der Waals surface area contributed by atoms with Gasteiger partial charge in [0.1, 0.15) is 5.75 Å². The molecule has 0 radical (unpaired) electrons. The third-order valence-corrected chi connectivity index (χ3v) is 10.2. The quantitative estimate of drug-likeness (QED) is 0.0732. The van der Waals surface area contributed by atoms with Gasteiger partial charge in [0.15, 0.2) is 0 Å². The van der Waals surface area contributed by atoms with Crippen molar-refractivity contribution in [1.29, 1.82) is 0 Å². The van der Waals surface area contributed by atoms with Crippen molar-refractivity contribution in [1.82, 2.24) is 0 Å². The molecule has 0 bridgehead atoms. The van der Waals surface area contributed by atoms with E-state index in [0.717, 1.165) is 39.2 Å². The molecule has 7 rings (SSSR count). The molecule has 1 aliphatic carbocycles. The summed E-state index contributed by atoms with van der Waals surface area (Å²) < 4.78 is 6.28. The van der Waals surface area contributed by atoms with Crippen molar-refractivity contribution in [2.45, 2.75) is 45.5 Å². The number of hydrogen-bond donors (Lipinski definition) is 3. The van der Waals surface area contributed by atoms with E-state index >= 15 is 0 Å². The Morgan fingerprint density at radius 2 is 1.53 bits per heavy atom. The fourth-order valence-corrected chi connectivity index (χ4v) is 7.92. The highest BCUT2D eigenvalue weighted by atomic mass is 16.5. The summed E-state index contributed by atoms with van der Waals surface area (Å²) in [5, 5.41) is 25.0. The number of anilines is 3. The topological polar surface area (TPSA) is 99.1 Å². The standard InChI is InChI=1S/C41H41BN2O5/c1-26(2)33-24-34-39(41(47)44(40(34)46)32-20-18-31(19-21-32)43-30-14-7-4-8-15-30)35-25-42(48)49-37(38(33)35)22-17-28(27-11-5-3-6-12-27)23-29-13-9-10-16-36(29)45/h3-16,18-21,23,26,34-35,37,39,43,45,48H,17,22,24-25H2,1-2H3/b28-23-/t34-,35+,37-,39-/m1/s1. The Labute approximate surface area is 288 Å². The Balaban J connectivity index is 1.17. The second-order valence-corrected chi connectivity index (χ2v) is 13.6. The van der Waals surface area contributed by atoms with E-state index in [-0.39, 0.29) is 35.7 Å². The molecule has 2 heterocycles. The maximum atomic E-state index is 14.3. The van der Waals surface area contributed by atoms with Crippen molar-refractivity contribution in [3.05, 3.63) is 131 Å². The normalized spacial score (nSPS) is 22.4. The molecule has 49 heavy (non-hydrogen) atoms. The van der Waals surface area contributed by atoms with Crippen LogP contribution < -0.4 is 10.2 Å². The minimum atomic E-state index is -1.05. The molecule has 3 N–H and O–H groups in total. The van der Waals surface area contributed by atoms with E-state index in [1.807, 2.05) is 91.0 Å². The average Bonchev–Trinajstić information content (AvgIpc) is 3.36. The first-order valence-corrected chi connectivity index (χ1v) is 17.2. The van der Waals surface area contributed by atoms with Crippen LogP contribution in [0.25, 0.3) is 11.6 Å². The number of hydrogen-bond acceptors (Lipinski definition) is 6. The molecule has 0 unspecified atom stereocenters. The lowest BCUT2D eigenvalue weighted by Crippen LogP contribution is -2.46. The van der Waals surface area contributed by atoms with Crippen molar-refractivity contribution >= 4 is 47.6 Å². The summed E-state index contributed by atoms with van der Waals surface area (Å²) in [5.41, 5.74) is 7.39. The van der Waals surface area contributed by atoms with Crippen LogP contribution in [0.15, 0.2) is 120 Å². The summed E-state index contributed by atoms with van der Waals surface area (Å²) in [4.78, 5) is 29.7. The Bertz CT molecular complexity index is 1890. The van der Waals surface area contributed by atoms with Gasteiger partial charge in [-0.25, -0.2) is 0 Å². The number of carbonyl (C=O) groups excluding carboxylic acids is 2. The minimum Gasteiger partial charge on any atom is -0.507 e. The summed E-state index contributed by atoms with van der Waals surface area (Å²) in [6.07, 6.45) is 3.56. The zero-order valence-corrected chi connectivity index (χ0v) is 27.8. The summed E-state index contributed by atoms with van der Waals surface area (Å²) in [7, 11) is -1.05. The number of benzene rings is 4. The third kappa shape index (κ3) is 6.59. The van der Waals surface area contributed by atoms with Crippen LogP contribution in [0.1, 0.15) is 44.2 Å². The number of nitrogens with zero attached hydrogens (tertiary/aromatic N) is 1. The van der Waals surface area contributed by atoms with E-state index in [1.54, 1.807) is 12.1 Å². The van der Waals surface area contributed by atoms with E-state index < -0.39 is 25.1 Å². The highest BCUT2D eigenvalue weighted by Gasteiger charge is 2.57. The van der Waals surface area contributed by atoms with Gasteiger partial charge < -0.3 is 20.1 Å². The number of allylic oxidation sites excluding steroid dienone is 2. The van der Waals surface area contributed by atoms with Crippen LogP contribution in [0.5, 0.6) is 5.75 Å². The molecule has 0 saturated carbocycles. The Kier molecular flexibility index (Phi) is 9.26. The summed E-state index contributed by atoms with van der Waals surface area (Å²) in [6.45, 7) is 4.26. The number of carbonyl (C=O) groups is 2. The van der Waals surface area contributed by atoms with Gasteiger partial charge in [-0.05, 0) is 103 Å². The predicted molar refractivity (Wildman–Crippen MR) is 195 cm³/mol. The number of amides is 2. The number of fused-ring (bicyclic) bond motifs is 3. The fraction of sp³-hybridized carbons (Fsp3) is 0.268. The number of imide groups is 1. The highest BCUT2D eigenvalue weighted by molar-refractivity contribution is 6.43. The van der Waals surface area contributed by atoms with Crippen LogP contribution in [0.3, 0.4) is 0 Å². The monoisotopic (exact) mass is 652 g/mol. The van der Waals surface area contributed by atoms with Crippen LogP contribution >= 0.6 is 0 Å². The molecule has 4 aromatic rings. The smallest absolute Gasteiger partial charge is 0.455 e. The van der Waals surface area contributed by atoms with Crippen LogP contribution in [0.2, 0.25) is 6.32 Å². The first-order chi connectivity index (χ1) is 23.8. The van der Waals surface area contributed by atoms with E-state index in [9.17, 15) is 19.7 Å². The number of phenolic OH excluding ortho intramolecular Hbond substituents is 1. The maximum absolute atomic E-state index is 14.3. The molecule has 248 valence electrons. The molecule has 3 aliphatic rings. The lowest BCUT2D eigenvalue weighted by molar-refractivity contribution is -0.122. The summed E-state index contributed by atoms with van der Waals surface area (Å²) in [5.74, 6) is -1.37. The molecule has 0 spiro atoms. The lowest BCUT2D eigenvalue weighted by Gasteiger charge is -2.44. The molecule has 4 aromatic carbocycles. The Morgan fingerprint density at radius 1 is 0.878 bits per heavy atom. The van der Waals surface area contributed by atoms with Crippen LogP contribution in [-0.4, -0.2) is 35.2 Å². The minimum absolute atomic E-state index is 0.144. The van der Waals surface area contributed by atoms with Crippen molar-refractivity contribution < 1.29 is 24.4 Å². The molecule has 2 amide bonds. The number of para-hydroxylation sites is 2. The lowest BCUT2D eigenvalue weighted by atomic mass is 9.57.